The van der Waals surface area contributed by atoms with Crippen molar-refractivity contribution in [3.05, 3.63) is 90.0 Å². The number of benzene rings is 1. The molecule has 29 heavy (non-hydrogen) atoms. The van der Waals surface area contributed by atoms with Crippen LogP contribution in [0.3, 0.4) is 0 Å². The molecule has 0 atom stereocenters. The first kappa shape index (κ1) is 18.5. The van der Waals surface area contributed by atoms with E-state index in [9.17, 15) is 9.18 Å². The number of carbonyl (C=O) groups is 1. The number of nitrogens with zero attached hydrogens (tertiary/aromatic N) is 4. The minimum Gasteiger partial charge on any atom is -0.306 e. The van der Waals surface area contributed by atoms with Crippen LogP contribution in [0.5, 0.6) is 0 Å². The molecule has 0 bridgehead atoms. The molecule has 6 nitrogen and oxygen atoms in total. The Morgan fingerprint density at radius 3 is 2.48 bits per heavy atom. The molecule has 1 aromatic carbocycles. The first-order valence-electron chi connectivity index (χ1n) is 8.40. The van der Waals surface area contributed by atoms with Gasteiger partial charge in [0.05, 0.1) is 22.8 Å². The number of nitrogens with one attached hydrogen (secondary N) is 1. The van der Waals surface area contributed by atoms with Crippen molar-refractivity contribution in [1.82, 2.24) is 19.9 Å². The van der Waals surface area contributed by atoms with E-state index in [-0.39, 0.29) is 16.9 Å². The van der Waals surface area contributed by atoms with Crippen LogP contribution in [0.2, 0.25) is 0 Å². The number of amides is 1. The van der Waals surface area contributed by atoms with E-state index in [4.69, 9.17) is 0 Å². The van der Waals surface area contributed by atoms with Crippen molar-refractivity contribution in [1.29, 1.82) is 0 Å². The molecule has 0 aliphatic heterocycles. The van der Waals surface area contributed by atoms with Crippen molar-refractivity contribution in [3.8, 4) is 0 Å². The number of halogens is 3. The molecule has 1 amide bonds. The van der Waals surface area contributed by atoms with Crippen LogP contribution in [0, 0.1) is 5.82 Å². The number of alkyl halides is 2. The molecule has 4 aromatic rings. The van der Waals surface area contributed by atoms with Crippen molar-refractivity contribution in [3.63, 3.8) is 0 Å². The molecule has 4 rings (SSSR count). The zero-order chi connectivity index (χ0) is 20.4. The van der Waals surface area contributed by atoms with Crippen LogP contribution in [-0.2, 0) is 5.92 Å². The predicted octanol–water partition coefficient (Wildman–Crippen LogP) is 3.95. The van der Waals surface area contributed by atoms with Crippen molar-refractivity contribution in [2.45, 2.75) is 5.92 Å². The number of hydrogen-bond acceptors (Lipinski definition) is 5. The number of aromatic nitrogens is 4. The highest BCUT2D eigenvalue weighted by Gasteiger charge is 2.36. The maximum Gasteiger partial charge on any atom is 0.301 e. The molecule has 0 aliphatic carbocycles. The highest BCUT2D eigenvalue weighted by Crippen LogP contribution is 2.37. The Kier molecular flexibility index (Phi) is 4.63. The predicted molar refractivity (Wildman–Crippen MR) is 98.9 cm³/mol. The third-order valence-electron chi connectivity index (χ3n) is 4.20. The van der Waals surface area contributed by atoms with Crippen molar-refractivity contribution in [2.75, 3.05) is 5.32 Å². The number of hydrogen-bond donors (Lipinski definition) is 1. The molecular formula is C20H12F3N5O. The first-order valence-corrected chi connectivity index (χ1v) is 8.40. The Hall–Kier alpha value is -3.88. The number of rotatable bonds is 4. The Labute approximate surface area is 162 Å². The SMILES string of the molecule is O=C(Nc1ccc(F)cn1)c1cc(C(F)(F)c2cncnc2)cc2cccnc12. The summed E-state index contributed by atoms with van der Waals surface area (Å²) in [5.74, 6) is -4.63. The number of carbonyl (C=O) groups excluding carboxylic acids is 1. The van der Waals surface area contributed by atoms with Gasteiger partial charge in [-0.05, 0) is 30.3 Å². The largest absolute Gasteiger partial charge is 0.306 e. The molecule has 0 spiro atoms. The van der Waals surface area contributed by atoms with Gasteiger partial charge in [0.1, 0.15) is 18.0 Å². The second kappa shape index (κ2) is 7.27. The molecule has 0 fully saturated rings. The molecule has 1 N–H and O–H groups in total. The minimum atomic E-state index is -3.44. The molecule has 144 valence electrons. The lowest BCUT2D eigenvalue weighted by atomic mass is 9.97. The average Bonchev–Trinajstić information content (AvgIpc) is 2.75. The lowest BCUT2D eigenvalue weighted by molar-refractivity contribution is 0.0421. The van der Waals surface area contributed by atoms with Gasteiger partial charge in [0.2, 0.25) is 0 Å². The Morgan fingerprint density at radius 2 is 1.76 bits per heavy atom. The third kappa shape index (κ3) is 3.62. The average molecular weight is 395 g/mol. The summed E-state index contributed by atoms with van der Waals surface area (Å²) in [6, 6.07) is 7.89. The summed E-state index contributed by atoms with van der Waals surface area (Å²) < 4.78 is 43.1. The van der Waals surface area contributed by atoms with Gasteiger partial charge in [-0.2, -0.15) is 8.78 Å². The van der Waals surface area contributed by atoms with Gasteiger partial charge in [-0.3, -0.25) is 9.78 Å². The quantitative estimate of drug-likeness (QED) is 0.566. The fourth-order valence-corrected chi connectivity index (χ4v) is 2.81. The Bertz CT molecular complexity index is 1180. The molecule has 9 heteroatoms. The molecule has 3 heterocycles. The van der Waals surface area contributed by atoms with Gasteiger partial charge in [0.25, 0.3) is 5.91 Å². The smallest absolute Gasteiger partial charge is 0.301 e. The van der Waals surface area contributed by atoms with E-state index < -0.39 is 28.8 Å². The van der Waals surface area contributed by atoms with Gasteiger partial charge in [-0.1, -0.05) is 6.07 Å². The molecule has 3 aromatic heterocycles. The Morgan fingerprint density at radius 1 is 0.966 bits per heavy atom. The lowest BCUT2D eigenvalue weighted by Crippen LogP contribution is -2.19. The molecule has 0 saturated carbocycles. The van der Waals surface area contributed by atoms with E-state index in [2.05, 4.69) is 25.3 Å². The standard InChI is InChI=1S/C20H12F3N5O/c21-15-3-4-17(27-10-15)28-19(29)16-7-13(6-12-2-1-5-26-18(12)16)20(22,23)14-8-24-11-25-9-14/h1-11H,(H,27,28,29). The van der Waals surface area contributed by atoms with E-state index >= 15 is 8.78 Å². The van der Waals surface area contributed by atoms with Crippen LogP contribution in [0.4, 0.5) is 19.0 Å². The van der Waals surface area contributed by atoms with Gasteiger partial charge in [0.15, 0.2) is 0 Å². The number of pyridine rings is 2. The second-order valence-corrected chi connectivity index (χ2v) is 6.12. The maximum absolute atomic E-state index is 15.0. The molecule has 0 radical (unpaired) electrons. The highest BCUT2D eigenvalue weighted by molar-refractivity contribution is 6.11. The van der Waals surface area contributed by atoms with Crippen LogP contribution in [0.25, 0.3) is 10.9 Å². The van der Waals surface area contributed by atoms with Gasteiger partial charge < -0.3 is 5.32 Å². The van der Waals surface area contributed by atoms with Crippen LogP contribution in [-0.4, -0.2) is 25.8 Å². The van der Waals surface area contributed by atoms with Gasteiger partial charge in [0, 0.05) is 29.5 Å². The summed E-state index contributed by atoms with van der Waals surface area (Å²) in [6.45, 7) is 0. The molecular weight excluding hydrogens is 383 g/mol. The third-order valence-corrected chi connectivity index (χ3v) is 4.20. The Balaban J connectivity index is 1.81. The summed E-state index contributed by atoms with van der Waals surface area (Å²) in [7, 11) is 0. The van der Waals surface area contributed by atoms with Crippen molar-refractivity contribution < 1.29 is 18.0 Å². The highest BCUT2D eigenvalue weighted by atomic mass is 19.3. The van der Waals surface area contributed by atoms with Crippen LogP contribution in [0.1, 0.15) is 21.5 Å². The normalized spacial score (nSPS) is 11.4. The van der Waals surface area contributed by atoms with Gasteiger partial charge >= 0.3 is 5.92 Å². The monoisotopic (exact) mass is 395 g/mol. The van der Waals surface area contributed by atoms with E-state index in [1.54, 1.807) is 12.1 Å². The summed E-state index contributed by atoms with van der Waals surface area (Å²) >= 11 is 0. The minimum absolute atomic E-state index is 0.0688. The summed E-state index contributed by atoms with van der Waals surface area (Å²) in [4.78, 5) is 27.9. The van der Waals surface area contributed by atoms with Crippen molar-refractivity contribution >= 4 is 22.6 Å². The topological polar surface area (TPSA) is 80.7 Å². The van der Waals surface area contributed by atoms with Crippen LogP contribution >= 0.6 is 0 Å². The molecule has 0 aliphatic rings. The lowest BCUT2D eigenvalue weighted by Gasteiger charge is -2.18. The van der Waals surface area contributed by atoms with E-state index in [0.717, 1.165) is 37.1 Å². The molecule has 0 saturated heterocycles. The summed E-state index contributed by atoms with van der Waals surface area (Å²) in [5.41, 5.74) is -0.642. The fraction of sp³-hybridized carbons (Fsp3) is 0.0500. The number of fused-ring (bicyclic) bond motifs is 1. The van der Waals surface area contributed by atoms with Gasteiger partial charge in [-0.15, -0.1) is 0 Å². The number of anilines is 1. The maximum atomic E-state index is 15.0. The van der Waals surface area contributed by atoms with E-state index in [1.165, 1.54) is 18.3 Å². The van der Waals surface area contributed by atoms with Crippen molar-refractivity contribution in [2.24, 2.45) is 0 Å². The van der Waals surface area contributed by atoms with Crippen LogP contribution < -0.4 is 5.32 Å². The van der Waals surface area contributed by atoms with Crippen LogP contribution in [0.15, 0.2) is 67.5 Å². The fourth-order valence-electron chi connectivity index (χ4n) is 2.81. The van der Waals surface area contributed by atoms with E-state index in [0.29, 0.717) is 5.39 Å². The van der Waals surface area contributed by atoms with Gasteiger partial charge in [-0.25, -0.2) is 19.3 Å². The molecule has 0 unspecified atom stereocenters. The zero-order valence-corrected chi connectivity index (χ0v) is 14.7. The van der Waals surface area contributed by atoms with E-state index in [1.807, 2.05) is 0 Å². The zero-order valence-electron chi connectivity index (χ0n) is 14.7. The summed E-state index contributed by atoms with van der Waals surface area (Å²) in [5, 5.41) is 2.83. The second-order valence-electron chi connectivity index (χ2n) is 6.12. The summed E-state index contributed by atoms with van der Waals surface area (Å²) in [6.07, 6.45) is 5.58. The first-order chi connectivity index (χ1) is 13.9.